The lowest BCUT2D eigenvalue weighted by Crippen LogP contribution is -2.30. The van der Waals surface area contributed by atoms with E-state index in [2.05, 4.69) is 32.5 Å². The molecule has 0 fully saturated rings. The van der Waals surface area contributed by atoms with Crippen molar-refractivity contribution >= 4 is 34.1 Å². The summed E-state index contributed by atoms with van der Waals surface area (Å²) in [6.07, 6.45) is 2.45. The number of fused-ring (bicyclic) bond motifs is 1. The predicted molar refractivity (Wildman–Crippen MR) is 112 cm³/mol. The van der Waals surface area contributed by atoms with Gasteiger partial charge in [0.15, 0.2) is 0 Å². The molecule has 1 aliphatic rings. The molecule has 7 nitrogen and oxygen atoms in total. The van der Waals surface area contributed by atoms with Gasteiger partial charge in [-0.05, 0) is 30.5 Å². The number of benzene rings is 2. The quantitative estimate of drug-likeness (QED) is 0.395. The van der Waals surface area contributed by atoms with Crippen LogP contribution in [0.4, 0.5) is 16.5 Å². The molecule has 0 radical (unpaired) electrons. The lowest BCUT2D eigenvalue weighted by Gasteiger charge is -2.30. The van der Waals surface area contributed by atoms with Gasteiger partial charge < -0.3 is 4.90 Å². The van der Waals surface area contributed by atoms with E-state index in [-0.39, 0.29) is 10.6 Å². The molecule has 0 saturated carbocycles. The van der Waals surface area contributed by atoms with Crippen LogP contribution < -0.4 is 10.3 Å². The summed E-state index contributed by atoms with van der Waals surface area (Å²) < 4.78 is 0. The van der Waals surface area contributed by atoms with Gasteiger partial charge in [0.2, 0.25) is 5.13 Å². The first-order valence-corrected chi connectivity index (χ1v) is 9.79. The lowest BCUT2D eigenvalue weighted by atomic mass is 9.99. The van der Waals surface area contributed by atoms with Gasteiger partial charge in [0, 0.05) is 30.1 Å². The number of hydrogen-bond acceptors (Lipinski definition) is 7. The van der Waals surface area contributed by atoms with E-state index in [9.17, 15) is 10.1 Å². The van der Waals surface area contributed by atoms with Crippen LogP contribution in [0.2, 0.25) is 0 Å². The van der Waals surface area contributed by atoms with Crippen molar-refractivity contribution in [3.05, 3.63) is 80.3 Å². The van der Waals surface area contributed by atoms with Crippen LogP contribution in [-0.2, 0) is 13.0 Å². The van der Waals surface area contributed by atoms with Gasteiger partial charge in [-0.1, -0.05) is 30.3 Å². The molecule has 0 amide bonds. The minimum absolute atomic E-state index is 0.0911. The number of anilines is 2. The molecular formula is C20H19N5O2S. The van der Waals surface area contributed by atoms with Crippen LogP contribution >= 0.6 is 11.3 Å². The van der Waals surface area contributed by atoms with Gasteiger partial charge in [-0.25, -0.2) is 4.98 Å². The molecule has 8 heteroatoms. The van der Waals surface area contributed by atoms with Gasteiger partial charge in [0.05, 0.1) is 16.8 Å². The predicted octanol–water partition coefficient (Wildman–Crippen LogP) is 4.37. The SMILES string of the molecule is Cc1csc(NN=Cc2ccc(N3CCc4ccccc4C3)c([N+](=O)[O-])c2)n1. The lowest BCUT2D eigenvalue weighted by molar-refractivity contribution is -0.384. The Morgan fingerprint density at radius 3 is 2.86 bits per heavy atom. The van der Waals surface area contributed by atoms with Crippen LogP contribution in [0.1, 0.15) is 22.4 Å². The molecule has 3 aromatic rings. The summed E-state index contributed by atoms with van der Waals surface area (Å²) in [7, 11) is 0. The maximum atomic E-state index is 11.7. The molecule has 0 spiro atoms. The van der Waals surface area contributed by atoms with Crippen LogP contribution in [0.3, 0.4) is 0 Å². The van der Waals surface area contributed by atoms with Gasteiger partial charge in [0.25, 0.3) is 5.69 Å². The molecule has 0 unspecified atom stereocenters. The number of nitro benzene ring substituents is 1. The fourth-order valence-corrected chi connectivity index (χ4v) is 3.94. The highest BCUT2D eigenvalue weighted by molar-refractivity contribution is 7.13. The van der Waals surface area contributed by atoms with E-state index in [1.54, 1.807) is 18.3 Å². The largest absolute Gasteiger partial charge is 0.361 e. The first-order chi connectivity index (χ1) is 13.6. The van der Waals surface area contributed by atoms with E-state index in [0.717, 1.165) is 18.7 Å². The van der Waals surface area contributed by atoms with Gasteiger partial charge >= 0.3 is 0 Å². The van der Waals surface area contributed by atoms with E-state index < -0.39 is 0 Å². The first kappa shape index (κ1) is 18.1. The highest BCUT2D eigenvalue weighted by Crippen LogP contribution is 2.32. The van der Waals surface area contributed by atoms with Crippen LogP contribution in [0.5, 0.6) is 0 Å². The van der Waals surface area contributed by atoms with Gasteiger partial charge in [-0.3, -0.25) is 15.5 Å². The molecule has 28 heavy (non-hydrogen) atoms. The van der Waals surface area contributed by atoms with Crippen LogP contribution in [0, 0.1) is 17.0 Å². The summed E-state index contributed by atoms with van der Waals surface area (Å²) in [5, 5.41) is 18.4. The number of thiazole rings is 1. The minimum atomic E-state index is -0.329. The van der Waals surface area contributed by atoms with Crippen molar-refractivity contribution in [2.24, 2.45) is 5.10 Å². The van der Waals surface area contributed by atoms with Gasteiger partial charge in [-0.15, -0.1) is 11.3 Å². The maximum Gasteiger partial charge on any atom is 0.293 e. The Bertz CT molecular complexity index is 1050. The number of nitro groups is 1. The molecule has 2 aromatic carbocycles. The van der Waals surface area contributed by atoms with Crippen molar-refractivity contribution in [3.63, 3.8) is 0 Å². The Hall–Kier alpha value is -3.26. The molecule has 0 aliphatic carbocycles. The smallest absolute Gasteiger partial charge is 0.293 e. The topological polar surface area (TPSA) is 83.7 Å². The molecule has 2 heterocycles. The summed E-state index contributed by atoms with van der Waals surface area (Å²) in [5.74, 6) is 0. The monoisotopic (exact) mass is 393 g/mol. The number of aromatic nitrogens is 1. The molecule has 4 rings (SSSR count). The van der Waals surface area contributed by atoms with Crippen molar-refractivity contribution in [1.29, 1.82) is 0 Å². The van der Waals surface area contributed by atoms with E-state index >= 15 is 0 Å². The van der Waals surface area contributed by atoms with E-state index in [1.807, 2.05) is 30.5 Å². The van der Waals surface area contributed by atoms with Crippen molar-refractivity contribution in [1.82, 2.24) is 4.98 Å². The number of nitrogens with zero attached hydrogens (tertiary/aromatic N) is 4. The van der Waals surface area contributed by atoms with Crippen molar-refractivity contribution < 1.29 is 4.92 Å². The normalized spacial score (nSPS) is 13.5. The second-order valence-electron chi connectivity index (χ2n) is 6.61. The summed E-state index contributed by atoms with van der Waals surface area (Å²) >= 11 is 1.46. The number of hydrogen-bond donors (Lipinski definition) is 1. The van der Waals surface area contributed by atoms with Gasteiger partial charge in [0.1, 0.15) is 5.69 Å². The summed E-state index contributed by atoms with van der Waals surface area (Å²) in [6.45, 7) is 3.35. The van der Waals surface area contributed by atoms with E-state index in [1.165, 1.54) is 22.5 Å². The standard InChI is InChI=1S/C20H19N5O2S/c1-14-13-28-20(22-14)23-21-11-15-6-7-18(19(10-15)25(26)27)24-9-8-16-4-2-3-5-17(16)12-24/h2-7,10-11,13H,8-9,12H2,1H3,(H,22,23). The average molecular weight is 393 g/mol. The Morgan fingerprint density at radius 2 is 2.11 bits per heavy atom. The van der Waals surface area contributed by atoms with E-state index in [0.29, 0.717) is 22.9 Å². The molecule has 1 aliphatic heterocycles. The van der Waals surface area contributed by atoms with Crippen LogP contribution in [0.15, 0.2) is 52.9 Å². The zero-order chi connectivity index (χ0) is 19.5. The molecular weight excluding hydrogens is 374 g/mol. The highest BCUT2D eigenvalue weighted by Gasteiger charge is 2.23. The number of aryl methyl sites for hydroxylation is 1. The second kappa shape index (κ2) is 7.77. The van der Waals surface area contributed by atoms with Crippen molar-refractivity contribution in [2.45, 2.75) is 19.9 Å². The maximum absolute atomic E-state index is 11.7. The minimum Gasteiger partial charge on any atom is -0.361 e. The van der Waals surface area contributed by atoms with Gasteiger partial charge in [-0.2, -0.15) is 5.10 Å². The van der Waals surface area contributed by atoms with Crippen molar-refractivity contribution in [3.8, 4) is 0 Å². The summed E-state index contributed by atoms with van der Waals surface area (Å²) in [6, 6.07) is 13.5. The molecule has 1 N–H and O–H groups in total. The van der Waals surface area contributed by atoms with Crippen LogP contribution in [-0.4, -0.2) is 22.7 Å². The zero-order valence-electron chi connectivity index (χ0n) is 15.3. The fourth-order valence-electron chi connectivity index (χ4n) is 3.30. The average Bonchev–Trinajstić information content (AvgIpc) is 3.12. The zero-order valence-corrected chi connectivity index (χ0v) is 16.1. The highest BCUT2D eigenvalue weighted by atomic mass is 32.1. The number of nitrogens with one attached hydrogen (secondary N) is 1. The Morgan fingerprint density at radius 1 is 1.29 bits per heavy atom. The molecule has 142 valence electrons. The molecule has 1 aromatic heterocycles. The fraction of sp³-hybridized carbons (Fsp3) is 0.200. The molecule has 0 saturated heterocycles. The molecule has 0 bridgehead atoms. The van der Waals surface area contributed by atoms with Crippen LogP contribution in [0.25, 0.3) is 0 Å². The molecule has 0 atom stereocenters. The third-order valence-corrected chi connectivity index (χ3v) is 5.53. The second-order valence-corrected chi connectivity index (χ2v) is 7.47. The van der Waals surface area contributed by atoms with E-state index in [4.69, 9.17) is 0 Å². The Balaban J connectivity index is 1.55. The number of hydrazone groups is 1. The Labute approximate surface area is 166 Å². The third kappa shape index (κ3) is 3.86. The number of rotatable bonds is 5. The summed E-state index contributed by atoms with van der Waals surface area (Å²) in [5.41, 5.74) is 7.69. The summed E-state index contributed by atoms with van der Waals surface area (Å²) in [4.78, 5) is 17.7. The van der Waals surface area contributed by atoms with Crippen molar-refractivity contribution in [2.75, 3.05) is 16.9 Å². The first-order valence-electron chi connectivity index (χ1n) is 8.91. The Kier molecular flexibility index (Phi) is 5.03. The third-order valence-electron chi connectivity index (χ3n) is 4.66.